The second-order valence-electron chi connectivity index (χ2n) is 8.97. The van der Waals surface area contributed by atoms with E-state index in [1.54, 1.807) is 13.2 Å². The normalized spacial score (nSPS) is 19.7. The van der Waals surface area contributed by atoms with Gasteiger partial charge < -0.3 is 25.0 Å². The molecule has 1 atom stereocenters. The van der Waals surface area contributed by atoms with Crippen LogP contribution in [0.1, 0.15) is 58.4 Å². The molecule has 1 aromatic heterocycles. The topological polar surface area (TPSA) is 88.1 Å². The molecule has 174 valence electrons. The average Bonchev–Trinajstić information content (AvgIpc) is 3.34. The molecule has 1 saturated heterocycles. The number of rotatable bonds is 5. The number of nitrogens with one attached hydrogen (secondary N) is 2. The molecule has 8 nitrogen and oxygen atoms in total. The molecule has 0 radical (unpaired) electrons. The lowest BCUT2D eigenvalue weighted by Crippen LogP contribution is -2.44. The Morgan fingerprint density at radius 1 is 1.29 bits per heavy atom. The average molecular weight is 545 g/mol. The number of halogens is 1. The van der Waals surface area contributed by atoms with Gasteiger partial charge in [-0.3, -0.25) is 4.99 Å². The molecule has 0 bridgehead atoms. The van der Waals surface area contributed by atoms with E-state index in [-0.39, 0.29) is 42.2 Å². The monoisotopic (exact) mass is 545 g/mol. The molecule has 2 heterocycles. The van der Waals surface area contributed by atoms with Crippen molar-refractivity contribution in [2.75, 3.05) is 20.1 Å². The Morgan fingerprint density at radius 3 is 2.71 bits per heavy atom. The number of hydrogen-bond acceptors (Lipinski definition) is 5. The maximum Gasteiger partial charge on any atom is 0.407 e. The van der Waals surface area contributed by atoms with Crippen molar-refractivity contribution in [3.8, 4) is 5.88 Å². The van der Waals surface area contributed by atoms with Crippen molar-refractivity contribution in [1.82, 2.24) is 20.5 Å². The molecular formula is C22H36IN5O3. The fraction of sp³-hybridized carbons (Fsp3) is 0.682. The van der Waals surface area contributed by atoms with E-state index in [1.807, 2.05) is 32.9 Å². The lowest BCUT2D eigenvalue weighted by molar-refractivity contribution is 0.0507. The van der Waals surface area contributed by atoms with E-state index >= 15 is 0 Å². The number of pyridine rings is 1. The first kappa shape index (κ1) is 25.5. The number of aliphatic imine (C=N–C) groups is 1. The van der Waals surface area contributed by atoms with Crippen LogP contribution >= 0.6 is 24.0 Å². The van der Waals surface area contributed by atoms with Gasteiger partial charge in [0.2, 0.25) is 5.88 Å². The maximum absolute atomic E-state index is 12.0. The summed E-state index contributed by atoms with van der Waals surface area (Å²) in [5.41, 5.74) is 0.523. The van der Waals surface area contributed by atoms with E-state index < -0.39 is 5.60 Å². The summed E-state index contributed by atoms with van der Waals surface area (Å²) in [4.78, 5) is 23.0. The first-order valence-electron chi connectivity index (χ1n) is 10.9. The first-order valence-corrected chi connectivity index (χ1v) is 10.9. The largest absolute Gasteiger partial charge is 0.474 e. The quantitative estimate of drug-likeness (QED) is 0.334. The molecular weight excluding hydrogens is 509 g/mol. The van der Waals surface area contributed by atoms with Gasteiger partial charge in [-0.25, -0.2) is 9.78 Å². The zero-order valence-corrected chi connectivity index (χ0v) is 21.3. The van der Waals surface area contributed by atoms with Gasteiger partial charge in [0.1, 0.15) is 11.7 Å². The summed E-state index contributed by atoms with van der Waals surface area (Å²) in [6, 6.07) is 4.00. The summed E-state index contributed by atoms with van der Waals surface area (Å²) in [6.45, 7) is 7.69. The van der Waals surface area contributed by atoms with Crippen molar-refractivity contribution in [3.05, 3.63) is 23.9 Å². The Morgan fingerprint density at radius 2 is 2.03 bits per heavy atom. The number of aromatic nitrogens is 1. The minimum Gasteiger partial charge on any atom is -0.474 e. The summed E-state index contributed by atoms with van der Waals surface area (Å²) in [5.74, 6) is 1.51. The van der Waals surface area contributed by atoms with E-state index in [9.17, 15) is 4.79 Å². The highest BCUT2D eigenvalue weighted by Crippen LogP contribution is 2.25. The fourth-order valence-corrected chi connectivity index (χ4v) is 3.88. The van der Waals surface area contributed by atoms with Gasteiger partial charge in [-0.05, 0) is 58.9 Å². The molecule has 1 aromatic rings. The van der Waals surface area contributed by atoms with Gasteiger partial charge in [0.15, 0.2) is 5.96 Å². The van der Waals surface area contributed by atoms with Gasteiger partial charge in [-0.15, -0.1) is 24.0 Å². The minimum atomic E-state index is -0.498. The number of carbonyl (C=O) groups excluding carboxylic acids is 1. The van der Waals surface area contributed by atoms with Crippen molar-refractivity contribution in [2.45, 2.75) is 77.2 Å². The van der Waals surface area contributed by atoms with Crippen LogP contribution in [-0.2, 0) is 11.3 Å². The van der Waals surface area contributed by atoms with Gasteiger partial charge in [0.25, 0.3) is 0 Å². The van der Waals surface area contributed by atoms with E-state index in [4.69, 9.17) is 9.47 Å². The van der Waals surface area contributed by atoms with Crippen molar-refractivity contribution < 1.29 is 14.3 Å². The number of hydrogen-bond donors (Lipinski definition) is 2. The molecule has 1 saturated carbocycles. The highest BCUT2D eigenvalue weighted by molar-refractivity contribution is 14.0. The number of guanidine groups is 1. The van der Waals surface area contributed by atoms with Gasteiger partial charge in [0, 0.05) is 38.4 Å². The molecule has 2 fully saturated rings. The smallest absolute Gasteiger partial charge is 0.407 e. The van der Waals surface area contributed by atoms with Crippen molar-refractivity contribution >= 4 is 36.0 Å². The number of amides is 1. The number of carbonyl (C=O) groups is 1. The zero-order valence-electron chi connectivity index (χ0n) is 19.0. The van der Waals surface area contributed by atoms with Crippen LogP contribution in [0.25, 0.3) is 0 Å². The Balaban J connectivity index is 0.00000341. The van der Waals surface area contributed by atoms with Gasteiger partial charge in [0.05, 0.1) is 6.04 Å². The van der Waals surface area contributed by atoms with Crippen LogP contribution in [0, 0.1) is 0 Å². The molecule has 2 aliphatic rings. The molecule has 2 N–H and O–H groups in total. The molecule has 0 spiro atoms. The second kappa shape index (κ2) is 11.7. The highest BCUT2D eigenvalue weighted by Gasteiger charge is 2.28. The third-order valence-electron chi connectivity index (χ3n) is 5.29. The third kappa shape index (κ3) is 8.01. The summed E-state index contributed by atoms with van der Waals surface area (Å²) < 4.78 is 11.5. The van der Waals surface area contributed by atoms with Crippen LogP contribution in [0.3, 0.4) is 0 Å². The first-order chi connectivity index (χ1) is 14.3. The fourth-order valence-electron chi connectivity index (χ4n) is 3.88. The summed E-state index contributed by atoms with van der Waals surface area (Å²) >= 11 is 0. The molecule has 31 heavy (non-hydrogen) atoms. The van der Waals surface area contributed by atoms with E-state index in [0.29, 0.717) is 19.0 Å². The molecule has 1 aliphatic heterocycles. The predicted octanol–water partition coefficient (Wildman–Crippen LogP) is 3.70. The number of ether oxygens (including phenoxy) is 2. The van der Waals surface area contributed by atoms with Crippen molar-refractivity contribution in [3.63, 3.8) is 0 Å². The van der Waals surface area contributed by atoms with Crippen molar-refractivity contribution in [2.24, 2.45) is 4.99 Å². The summed E-state index contributed by atoms with van der Waals surface area (Å²) in [6.07, 6.45) is 7.18. The van der Waals surface area contributed by atoms with Crippen LogP contribution in [0.5, 0.6) is 5.88 Å². The Hall–Kier alpha value is -1.78. The number of nitrogens with zero attached hydrogens (tertiary/aromatic N) is 3. The van der Waals surface area contributed by atoms with Crippen LogP contribution in [0.4, 0.5) is 4.79 Å². The molecule has 9 heteroatoms. The summed E-state index contributed by atoms with van der Waals surface area (Å²) in [5, 5.41) is 6.37. The van der Waals surface area contributed by atoms with Crippen molar-refractivity contribution in [1.29, 1.82) is 0 Å². The van der Waals surface area contributed by atoms with E-state index in [1.165, 1.54) is 12.8 Å². The lowest BCUT2D eigenvalue weighted by atomic mass is 10.2. The Bertz CT molecular complexity index is 747. The molecule has 0 aromatic carbocycles. The van der Waals surface area contributed by atoms with Gasteiger partial charge >= 0.3 is 6.09 Å². The van der Waals surface area contributed by atoms with Gasteiger partial charge in [-0.1, -0.05) is 6.07 Å². The van der Waals surface area contributed by atoms with Gasteiger partial charge in [-0.2, -0.15) is 0 Å². The SMILES string of the molecule is CN=C(NCc1cccnc1OC1CCCC1)N1CCC(NC(=O)OC(C)(C)C)C1.I. The minimum absolute atomic E-state index is 0. The van der Waals surface area contributed by atoms with Crippen LogP contribution in [0.15, 0.2) is 23.3 Å². The Labute approximate surface area is 202 Å². The second-order valence-corrected chi connectivity index (χ2v) is 8.97. The lowest BCUT2D eigenvalue weighted by Gasteiger charge is -2.24. The van der Waals surface area contributed by atoms with E-state index in [2.05, 4.69) is 25.5 Å². The predicted molar refractivity (Wildman–Crippen MR) is 132 cm³/mol. The highest BCUT2D eigenvalue weighted by atomic mass is 127. The zero-order chi connectivity index (χ0) is 21.6. The standard InChI is InChI=1S/C22H35N5O3.HI/c1-22(2,3)30-21(28)26-17-11-13-27(15-17)20(23-4)25-14-16-8-7-12-24-19(16)29-18-9-5-6-10-18;/h7-8,12,17-18H,5-6,9-11,13-15H2,1-4H3,(H,23,25)(H,26,28);1H. The Kier molecular flexibility index (Phi) is 9.64. The van der Waals surface area contributed by atoms with Crippen LogP contribution in [-0.4, -0.2) is 59.8 Å². The molecule has 3 rings (SSSR count). The maximum atomic E-state index is 12.0. The third-order valence-corrected chi connectivity index (χ3v) is 5.29. The van der Waals surface area contributed by atoms with Crippen LogP contribution < -0.4 is 15.4 Å². The molecule has 1 aliphatic carbocycles. The van der Waals surface area contributed by atoms with Crippen LogP contribution in [0.2, 0.25) is 0 Å². The number of alkyl carbamates (subject to hydrolysis) is 1. The molecule has 1 amide bonds. The summed E-state index contributed by atoms with van der Waals surface area (Å²) in [7, 11) is 1.77. The van der Waals surface area contributed by atoms with E-state index in [0.717, 1.165) is 37.3 Å². The number of likely N-dealkylation sites (tertiary alicyclic amines) is 1. The molecule has 1 unspecified atom stereocenters.